The Hall–Kier alpha value is -1.61. The first-order valence-corrected chi connectivity index (χ1v) is 8.18. The average Bonchev–Trinajstić information content (AvgIpc) is 2.95. The lowest BCUT2D eigenvalue weighted by Gasteiger charge is -2.19. The first-order valence-electron chi connectivity index (χ1n) is 7.30. The van der Waals surface area contributed by atoms with Crippen molar-refractivity contribution in [3.63, 3.8) is 0 Å². The van der Waals surface area contributed by atoms with E-state index in [4.69, 9.17) is 10.7 Å². The van der Waals surface area contributed by atoms with Gasteiger partial charge in [-0.3, -0.25) is 0 Å². The van der Waals surface area contributed by atoms with Crippen LogP contribution in [0.5, 0.6) is 0 Å². The number of benzene rings is 1. The highest BCUT2D eigenvalue weighted by Gasteiger charge is 2.17. The van der Waals surface area contributed by atoms with Gasteiger partial charge in [0, 0.05) is 17.0 Å². The van der Waals surface area contributed by atoms with Crippen molar-refractivity contribution in [3.05, 3.63) is 45.9 Å². The molecule has 1 fully saturated rings. The summed E-state index contributed by atoms with van der Waals surface area (Å²) in [6.45, 7) is 0. The van der Waals surface area contributed by atoms with Crippen LogP contribution in [0, 0.1) is 0 Å². The molecule has 1 heterocycles. The van der Waals surface area contributed by atoms with E-state index in [0.29, 0.717) is 5.92 Å². The quantitative estimate of drug-likeness (QED) is 0.810. The van der Waals surface area contributed by atoms with E-state index in [-0.39, 0.29) is 0 Å². The first kappa shape index (κ1) is 13.4. The van der Waals surface area contributed by atoms with Crippen molar-refractivity contribution in [3.8, 4) is 0 Å². The Morgan fingerprint density at radius 1 is 1.15 bits per heavy atom. The lowest BCUT2D eigenvalue weighted by atomic mass is 9.87. The molecule has 3 rings (SSSR count). The summed E-state index contributed by atoms with van der Waals surface area (Å²) < 4.78 is 0. The van der Waals surface area contributed by atoms with Crippen molar-refractivity contribution < 1.29 is 0 Å². The molecule has 104 valence electrons. The SMILES string of the molecule is Nc1cccc(C=Cc2nc(C3CCCCC3)cs2)c1. The number of rotatable bonds is 3. The minimum atomic E-state index is 0.689. The van der Waals surface area contributed by atoms with Gasteiger partial charge < -0.3 is 5.73 Å². The summed E-state index contributed by atoms with van der Waals surface area (Å²) in [6, 6.07) is 7.92. The molecule has 0 unspecified atom stereocenters. The highest BCUT2D eigenvalue weighted by atomic mass is 32.1. The number of hydrogen-bond donors (Lipinski definition) is 1. The molecule has 0 bridgehead atoms. The monoisotopic (exact) mass is 284 g/mol. The zero-order valence-electron chi connectivity index (χ0n) is 11.6. The molecule has 2 N–H and O–H groups in total. The van der Waals surface area contributed by atoms with E-state index >= 15 is 0 Å². The predicted octanol–water partition coefficient (Wildman–Crippen LogP) is 4.94. The summed E-state index contributed by atoms with van der Waals surface area (Å²) in [5, 5.41) is 3.32. The third kappa shape index (κ3) is 3.28. The summed E-state index contributed by atoms with van der Waals surface area (Å²) in [5.74, 6) is 0.689. The maximum atomic E-state index is 5.78. The molecular weight excluding hydrogens is 264 g/mol. The van der Waals surface area contributed by atoms with Gasteiger partial charge in [-0.25, -0.2) is 4.98 Å². The number of nitrogen functional groups attached to an aromatic ring is 1. The van der Waals surface area contributed by atoms with Gasteiger partial charge in [0.2, 0.25) is 0 Å². The van der Waals surface area contributed by atoms with Gasteiger partial charge >= 0.3 is 0 Å². The minimum absolute atomic E-state index is 0.689. The van der Waals surface area contributed by atoms with Crippen molar-refractivity contribution in [2.75, 3.05) is 5.73 Å². The maximum absolute atomic E-state index is 5.78. The predicted molar refractivity (Wildman–Crippen MR) is 87.7 cm³/mol. The maximum Gasteiger partial charge on any atom is 0.116 e. The molecule has 0 amide bonds. The Balaban J connectivity index is 1.70. The Kier molecular flexibility index (Phi) is 4.16. The average molecular weight is 284 g/mol. The summed E-state index contributed by atoms with van der Waals surface area (Å²) in [7, 11) is 0. The molecule has 3 heteroatoms. The lowest BCUT2D eigenvalue weighted by molar-refractivity contribution is 0.438. The van der Waals surface area contributed by atoms with Crippen molar-refractivity contribution >= 4 is 29.2 Å². The smallest absolute Gasteiger partial charge is 0.116 e. The second kappa shape index (κ2) is 6.23. The van der Waals surface area contributed by atoms with Crippen LogP contribution in [0.1, 0.15) is 54.3 Å². The fraction of sp³-hybridized carbons (Fsp3) is 0.353. The second-order valence-corrected chi connectivity index (χ2v) is 6.34. The Bertz CT molecular complexity index is 595. The normalized spacial score (nSPS) is 16.8. The number of hydrogen-bond acceptors (Lipinski definition) is 3. The van der Waals surface area contributed by atoms with Crippen molar-refractivity contribution in [2.45, 2.75) is 38.0 Å². The minimum Gasteiger partial charge on any atom is -0.399 e. The fourth-order valence-electron chi connectivity index (χ4n) is 2.79. The molecule has 0 saturated heterocycles. The summed E-state index contributed by atoms with van der Waals surface area (Å²) in [5.41, 5.74) is 9.00. The molecule has 0 aliphatic heterocycles. The molecule has 1 aromatic heterocycles. The van der Waals surface area contributed by atoms with Crippen LogP contribution in [0.4, 0.5) is 5.69 Å². The fourth-order valence-corrected chi connectivity index (χ4v) is 3.58. The van der Waals surface area contributed by atoms with Crippen LogP contribution in [0.15, 0.2) is 29.6 Å². The molecule has 1 aromatic carbocycles. The van der Waals surface area contributed by atoms with Crippen LogP contribution in [0.25, 0.3) is 12.2 Å². The highest BCUT2D eigenvalue weighted by Crippen LogP contribution is 2.33. The van der Waals surface area contributed by atoms with Gasteiger partial charge in [-0.1, -0.05) is 37.5 Å². The molecular formula is C17H20N2S. The Morgan fingerprint density at radius 3 is 2.80 bits per heavy atom. The first-order chi connectivity index (χ1) is 9.81. The summed E-state index contributed by atoms with van der Waals surface area (Å²) >= 11 is 1.74. The van der Waals surface area contributed by atoms with E-state index in [2.05, 4.69) is 23.6 Å². The zero-order valence-corrected chi connectivity index (χ0v) is 12.4. The van der Waals surface area contributed by atoms with E-state index in [1.165, 1.54) is 37.8 Å². The zero-order chi connectivity index (χ0) is 13.8. The molecule has 0 atom stereocenters. The van der Waals surface area contributed by atoms with E-state index < -0.39 is 0 Å². The molecule has 0 radical (unpaired) electrons. The molecule has 20 heavy (non-hydrogen) atoms. The van der Waals surface area contributed by atoms with Gasteiger partial charge in [0.15, 0.2) is 0 Å². The van der Waals surface area contributed by atoms with Crippen molar-refractivity contribution in [2.24, 2.45) is 0 Å². The largest absolute Gasteiger partial charge is 0.399 e. The van der Waals surface area contributed by atoms with Gasteiger partial charge in [-0.2, -0.15) is 0 Å². The van der Waals surface area contributed by atoms with Crippen LogP contribution in [0.2, 0.25) is 0 Å². The van der Waals surface area contributed by atoms with Crippen LogP contribution >= 0.6 is 11.3 Å². The number of thiazole rings is 1. The standard InChI is InChI=1S/C17H20N2S/c18-15-8-4-5-13(11-15)9-10-17-19-16(12-20-17)14-6-2-1-3-7-14/h4-5,8-12,14H,1-3,6-7,18H2. The van der Waals surface area contributed by atoms with Crippen molar-refractivity contribution in [1.82, 2.24) is 4.98 Å². The molecule has 2 aromatic rings. The van der Waals surface area contributed by atoms with Crippen molar-refractivity contribution in [1.29, 1.82) is 0 Å². The second-order valence-electron chi connectivity index (χ2n) is 5.45. The van der Waals surface area contributed by atoms with Crippen LogP contribution in [-0.2, 0) is 0 Å². The number of nitrogens with zero attached hydrogens (tertiary/aromatic N) is 1. The van der Waals surface area contributed by atoms with E-state index in [0.717, 1.165) is 16.3 Å². The van der Waals surface area contributed by atoms with Crippen LogP contribution < -0.4 is 5.73 Å². The van der Waals surface area contributed by atoms with Gasteiger partial charge in [-0.05, 0) is 36.6 Å². The number of aromatic nitrogens is 1. The third-order valence-electron chi connectivity index (χ3n) is 3.89. The van der Waals surface area contributed by atoms with Gasteiger partial charge in [0.25, 0.3) is 0 Å². The molecule has 2 nitrogen and oxygen atoms in total. The van der Waals surface area contributed by atoms with Gasteiger partial charge in [0.1, 0.15) is 5.01 Å². The Morgan fingerprint density at radius 2 is 2.00 bits per heavy atom. The van der Waals surface area contributed by atoms with Gasteiger partial charge in [-0.15, -0.1) is 11.3 Å². The van der Waals surface area contributed by atoms with Crippen LogP contribution in [-0.4, -0.2) is 4.98 Å². The van der Waals surface area contributed by atoms with Crippen LogP contribution in [0.3, 0.4) is 0 Å². The topological polar surface area (TPSA) is 38.9 Å². The molecule has 1 aliphatic carbocycles. The lowest BCUT2D eigenvalue weighted by Crippen LogP contribution is -2.04. The summed E-state index contributed by atoms with van der Waals surface area (Å²) in [4.78, 5) is 4.77. The molecule has 0 spiro atoms. The molecule has 1 saturated carbocycles. The number of anilines is 1. The summed E-state index contributed by atoms with van der Waals surface area (Å²) in [6.07, 6.45) is 10.9. The van der Waals surface area contributed by atoms with E-state index in [9.17, 15) is 0 Å². The van der Waals surface area contributed by atoms with E-state index in [1.807, 2.05) is 18.2 Å². The third-order valence-corrected chi connectivity index (χ3v) is 4.72. The highest BCUT2D eigenvalue weighted by molar-refractivity contribution is 7.10. The number of nitrogens with two attached hydrogens (primary N) is 1. The van der Waals surface area contributed by atoms with E-state index in [1.54, 1.807) is 11.3 Å². The molecule has 1 aliphatic rings. The Labute approximate surface area is 124 Å². The van der Waals surface area contributed by atoms with Gasteiger partial charge in [0.05, 0.1) is 5.69 Å².